The number of amides is 2. The highest BCUT2D eigenvalue weighted by Gasteiger charge is 2.52. The number of hydrogen-bond acceptors (Lipinski definition) is 3. The van der Waals surface area contributed by atoms with Crippen molar-refractivity contribution in [2.45, 2.75) is 77.5 Å². The van der Waals surface area contributed by atoms with Gasteiger partial charge in [-0.1, -0.05) is 13.8 Å². The number of nitrogens with one attached hydrogen (secondary N) is 1. The largest absolute Gasteiger partial charge is 0.379 e. The molecular formula is C16H30N2O3. The van der Waals surface area contributed by atoms with E-state index in [4.69, 9.17) is 4.74 Å². The van der Waals surface area contributed by atoms with Crippen LogP contribution in [0.25, 0.3) is 0 Å². The van der Waals surface area contributed by atoms with Crippen molar-refractivity contribution in [2.75, 3.05) is 13.7 Å². The Morgan fingerprint density at radius 1 is 1.19 bits per heavy atom. The highest BCUT2D eigenvalue weighted by Crippen LogP contribution is 2.31. The van der Waals surface area contributed by atoms with Crippen LogP contribution in [-0.4, -0.2) is 47.0 Å². The van der Waals surface area contributed by atoms with Crippen molar-refractivity contribution >= 4 is 11.8 Å². The standard InChI is InChI=1S/C16H30N2O3/c1-8-16(9-2)13(20)18(11-10-14(3,4)21-7)15(5,6)12(19)17-16/h8-11H2,1-7H3,(H,17,19). The molecule has 1 fully saturated rings. The van der Waals surface area contributed by atoms with Crippen LogP contribution >= 0.6 is 0 Å². The second-order valence-electron chi connectivity index (χ2n) is 6.97. The predicted octanol–water partition coefficient (Wildman–Crippen LogP) is 2.10. The molecule has 0 bridgehead atoms. The summed E-state index contributed by atoms with van der Waals surface area (Å²) in [6.07, 6.45) is 1.90. The maximum atomic E-state index is 12.9. The summed E-state index contributed by atoms with van der Waals surface area (Å²) >= 11 is 0. The average molecular weight is 298 g/mol. The summed E-state index contributed by atoms with van der Waals surface area (Å²) in [7, 11) is 1.66. The van der Waals surface area contributed by atoms with Crippen molar-refractivity contribution in [3.8, 4) is 0 Å². The van der Waals surface area contributed by atoms with E-state index in [-0.39, 0.29) is 17.4 Å². The van der Waals surface area contributed by atoms with E-state index >= 15 is 0 Å². The minimum Gasteiger partial charge on any atom is -0.379 e. The Labute approximate surface area is 128 Å². The summed E-state index contributed by atoms with van der Waals surface area (Å²) in [6.45, 7) is 12.0. The van der Waals surface area contributed by atoms with Crippen molar-refractivity contribution in [1.82, 2.24) is 10.2 Å². The highest BCUT2D eigenvalue weighted by molar-refractivity contribution is 6.01. The Morgan fingerprint density at radius 2 is 1.71 bits per heavy atom. The first-order valence-electron chi connectivity index (χ1n) is 7.76. The number of nitrogens with zero attached hydrogens (tertiary/aromatic N) is 1. The van der Waals surface area contributed by atoms with Crippen LogP contribution in [0.15, 0.2) is 0 Å². The van der Waals surface area contributed by atoms with Gasteiger partial charge < -0.3 is 15.0 Å². The van der Waals surface area contributed by atoms with Crippen LogP contribution in [0.4, 0.5) is 0 Å². The van der Waals surface area contributed by atoms with Crippen molar-refractivity contribution in [2.24, 2.45) is 0 Å². The Bertz CT molecular complexity index is 412. The zero-order valence-electron chi connectivity index (χ0n) is 14.5. The highest BCUT2D eigenvalue weighted by atomic mass is 16.5. The lowest BCUT2D eigenvalue weighted by molar-refractivity contribution is -0.162. The summed E-state index contributed by atoms with van der Waals surface area (Å²) in [5.41, 5.74) is -1.90. The van der Waals surface area contributed by atoms with Crippen LogP contribution in [-0.2, 0) is 14.3 Å². The molecule has 1 aliphatic heterocycles. The first-order valence-corrected chi connectivity index (χ1v) is 7.76. The molecule has 0 aromatic rings. The smallest absolute Gasteiger partial charge is 0.249 e. The van der Waals surface area contributed by atoms with Gasteiger partial charge in [0.25, 0.3) is 0 Å². The maximum absolute atomic E-state index is 12.9. The molecule has 0 unspecified atom stereocenters. The molecule has 0 saturated carbocycles. The number of carbonyl (C=O) groups is 2. The number of carbonyl (C=O) groups excluding carboxylic acids is 2. The zero-order chi connectivity index (χ0) is 16.5. The molecule has 1 saturated heterocycles. The molecule has 0 aromatic carbocycles. The molecule has 122 valence electrons. The average Bonchev–Trinajstić information content (AvgIpc) is 2.43. The lowest BCUT2D eigenvalue weighted by Crippen LogP contribution is -2.74. The van der Waals surface area contributed by atoms with Crippen LogP contribution in [0, 0.1) is 0 Å². The van der Waals surface area contributed by atoms with E-state index in [0.29, 0.717) is 25.8 Å². The molecule has 0 spiro atoms. The molecule has 21 heavy (non-hydrogen) atoms. The van der Waals surface area contributed by atoms with Crippen LogP contribution in [0.3, 0.4) is 0 Å². The molecular weight excluding hydrogens is 268 g/mol. The van der Waals surface area contributed by atoms with Crippen molar-refractivity contribution in [3.63, 3.8) is 0 Å². The zero-order valence-corrected chi connectivity index (χ0v) is 14.5. The number of hydrogen-bond donors (Lipinski definition) is 1. The van der Waals surface area contributed by atoms with Gasteiger partial charge >= 0.3 is 0 Å². The van der Waals surface area contributed by atoms with Crippen LogP contribution in [0.2, 0.25) is 0 Å². The van der Waals surface area contributed by atoms with Gasteiger partial charge in [0.05, 0.1) is 5.60 Å². The normalized spacial score (nSPS) is 21.4. The van der Waals surface area contributed by atoms with E-state index in [1.54, 1.807) is 25.9 Å². The summed E-state index contributed by atoms with van der Waals surface area (Å²) in [5.74, 6) is -0.0648. The third-order valence-corrected chi connectivity index (χ3v) is 4.93. The Balaban J connectivity index is 3.06. The summed E-state index contributed by atoms with van der Waals surface area (Å²) in [6, 6.07) is 0. The Hall–Kier alpha value is -1.10. The van der Waals surface area contributed by atoms with Crippen LogP contribution in [0.5, 0.6) is 0 Å². The number of piperazine rings is 1. The van der Waals surface area contributed by atoms with Gasteiger partial charge in [0.2, 0.25) is 11.8 Å². The first kappa shape index (κ1) is 18.0. The van der Waals surface area contributed by atoms with Crippen molar-refractivity contribution < 1.29 is 14.3 Å². The minimum atomic E-state index is -0.825. The molecule has 5 nitrogen and oxygen atoms in total. The second-order valence-corrected chi connectivity index (χ2v) is 6.97. The second kappa shape index (κ2) is 5.95. The SMILES string of the molecule is CCC1(CC)NC(=O)C(C)(C)N(CCC(C)(C)OC)C1=O. The van der Waals surface area contributed by atoms with Gasteiger partial charge in [-0.2, -0.15) is 0 Å². The van der Waals surface area contributed by atoms with Gasteiger partial charge in [-0.25, -0.2) is 0 Å². The van der Waals surface area contributed by atoms with Crippen LogP contribution < -0.4 is 5.32 Å². The number of ether oxygens (including phenoxy) is 1. The van der Waals surface area contributed by atoms with E-state index in [1.807, 2.05) is 27.7 Å². The molecule has 0 atom stereocenters. The Kier molecular flexibility index (Phi) is 5.09. The molecule has 1 heterocycles. The molecule has 1 N–H and O–H groups in total. The third-order valence-electron chi connectivity index (χ3n) is 4.93. The lowest BCUT2D eigenvalue weighted by Gasteiger charge is -2.50. The van der Waals surface area contributed by atoms with Gasteiger partial charge in [0.15, 0.2) is 0 Å². The monoisotopic (exact) mass is 298 g/mol. The fourth-order valence-electron chi connectivity index (χ4n) is 2.65. The molecule has 0 aromatic heterocycles. The Morgan fingerprint density at radius 3 is 2.14 bits per heavy atom. The van der Waals surface area contributed by atoms with Gasteiger partial charge in [0.1, 0.15) is 11.1 Å². The molecule has 0 aliphatic carbocycles. The fourth-order valence-corrected chi connectivity index (χ4v) is 2.65. The van der Waals surface area contributed by atoms with Crippen molar-refractivity contribution in [1.29, 1.82) is 0 Å². The van der Waals surface area contributed by atoms with E-state index in [9.17, 15) is 9.59 Å². The van der Waals surface area contributed by atoms with E-state index in [2.05, 4.69) is 5.32 Å². The number of rotatable bonds is 6. The summed E-state index contributed by atoms with van der Waals surface area (Å²) in [4.78, 5) is 27.1. The van der Waals surface area contributed by atoms with Crippen molar-refractivity contribution in [3.05, 3.63) is 0 Å². The number of methoxy groups -OCH3 is 1. The van der Waals surface area contributed by atoms with Gasteiger partial charge in [-0.3, -0.25) is 9.59 Å². The van der Waals surface area contributed by atoms with E-state index in [0.717, 1.165) is 0 Å². The molecule has 1 rings (SSSR count). The molecule has 2 amide bonds. The van der Waals surface area contributed by atoms with Gasteiger partial charge in [-0.05, 0) is 47.0 Å². The fraction of sp³-hybridized carbons (Fsp3) is 0.875. The molecule has 1 aliphatic rings. The molecule has 0 radical (unpaired) electrons. The topological polar surface area (TPSA) is 58.6 Å². The summed E-state index contributed by atoms with van der Waals surface area (Å²) < 4.78 is 5.43. The van der Waals surface area contributed by atoms with Gasteiger partial charge in [-0.15, -0.1) is 0 Å². The maximum Gasteiger partial charge on any atom is 0.249 e. The van der Waals surface area contributed by atoms with Crippen LogP contribution in [0.1, 0.15) is 60.8 Å². The van der Waals surface area contributed by atoms with E-state index < -0.39 is 11.1 Å². The van der Waals surface area contributed by atoms with Gasteiger partial charge in [0, 0.05) is 13.7 Å². The third kappa shape index (κ3) is 3.23. The quantitative estimate of drug-likeness (QED) is 0.817. The minimum absolute atomic E-state index is 0.0176. The predicted molar refractivity (Wildman–Crippen MR) is 83.0 cm³/mol. The summed E-state index contributed by atoms with van der Waals surface area (Å²) in [5, 5.41) is 2.95. The lowest BCUT2D eigenvalue weighted by atomic mass is 9.83. The van der Waals surface area contributed by atoms with E-state index in [1.165, 1.54) is 0 Å². The first-order chi connectivity index (χ1) is 9.56. The molecule has 5 heteroatoms.